The molecule has 0 spiro atoms. The Bertz CT molecular complexity index is 954. The first kappa shape index (κ1) is 17.4. The first-order chi connectivity index (χ1) is 12.7. The molecule has 0 saturated heterocycles. The molecule has 1 aliphatic heterocycles. The lowest BCUT2D eigenvalue weighted by Crippen LogP contribution is -2.07. The van der Waals surface area contributed by atoms with Gasteiger partial charge in [0, 0.05) is 27.2 Å². The molecule has 0 fully saturated rings. The number of para-hydroxylation sites is 1. The van der Waals surface area contributed by atoms with Gasteiger partial charge in [-0.2, -0.15) is 5.10 Å². The van der Waals surface area contributed by atoms with Gasteiger partial charge in [0.05, 0.1) is 12.8 Å². The van der Waals surface area contributed by atoms with E-state index in [1.807, 2.05) is 41.1 Å². The van der Waals surface area contributed by atoms with Crippen LogP contribution in [0.3, 0.4) is 0 Å². The summed E-state index contributed by atoms with van der Waals surface area (Å²) >= 11 is 9.93. The molecule has 2 aromatic carbocycles. The molecule has 1 N–H and O–H groups in total. The lowest BCUT2D eigenvalue weighted by molar-refractivity contribution is 0.416. The van der Waals surface area contributed by atoms with Crippen molar-refractivity contribution in [1.29, 1.82) is 0 Å². The van der Waals surface area contributed by atoms with Crippen LogP contribution in [0.1, 0.15) is 18.4 Å². The Hall–Kier alpha value is -1.98. The van der Waals surface area contributed by atoms with Crippen LogP contribution in [-0.4, -0.2) is 23.4 Å². The van der Waals surface area contributed by atoms with Crippen LogP contribution in [0.2, 0.25) is 5.02 Å². The SMILES string of the molecule is COc1ccc(Cl)cc1-c1nn(-c2ccccc2Br)c2c1CCCCN2. The van der Waals surface area contributed by atoms with Gasteiger partial charge in [-0.05, 0) is 65.5 Å². The van der Waals surface area contributed by atoms with Crippen molar-refractivity contribution in [2.75, 3.05) is 19.0 Å². The van der Waals surface area contributed by atoms with Crippen molar-refractivity contribution in [2.45, 2.75) is 19.3 Å². The van der Waals surface area contributed by atoms with Crippen molar-refractivity contribution < 1.29 is 4.74 Å². The average Bonchev–Trinajstić information content (AvgIpc) is 2.83. The Balaban J connectivity index is 1.97. The third-order valence-electron chi connectivity index (χ3n) is 4.63. The normalized spacial score (nSPS) is 13.7. The molecular weight excluding hydrogens is 414 g/mol. The summed E-state index contributed by atoms with van der Waals surface area (Å²) in [5.74, 6) is 1.82. The first-order valence-corrected chi connectivity index (χ1v) is 9.80. The van der Waals surface area contributed by atoms with E-state index < -0.39 is 0 Å². The molecule has 6 heteroatoms. The van der Waals surface area contributed by atoms with Crippen molar-refractivity contribution in [2.24, 2.45) is 0 Å². The molecule has 0 unspecified atom stereocenters. The van der Waals surface area contributed by atoms with Crippen LogP contribution in [0.4, 0.5) is 5.82 Å². The maximum absolute atomic E-state index is 6.27. The van der Waals surface area contributed by atoms with E-state index in [2.05, 4.69) is 27.3 Å². The van der Waals surface area contributed by atoms with E-state index >= 15 is 0 Å². The molecule has 1 aliphatic rings. The van der Waals surface area contributed by atoms with Gasteiger partial charge in [-0.3, -0.25) is 0 Å². The molecule has 134 valence electrons. The minimum atomic E-state index is 0.673. The van der Waals surface area contributed by atoms with E-state index in [4.69, 9.17) is 21.4 Å². The molecule has 0 atom stereocenters. The Labute approximate surface area is 166 Å². The molecule has 0 bridgehead atoms. The standard InChI is InChI=1S/C20H19BrClN3O/c1-26-18-10-9-13(22)12-15(18)19-14-6-4-5-11-23-20(14)25(24-19)17-8-3-2-7-16(17)21/h2-3,7-10,12,23H,4-6,11H2,1H3. The van der Waals surface area contributed by atoms with E-state index in [9.17, 15) is 0 Å². The number of aromatic nitrogens is 2. The lowest BCUT2D eigenvalue weighted by Gasteiger charge is -2.10. The van der Waals surface area contributed by atoms with Crippen molar-refractivity contribution in [3.63, 3.8) is 0 Å². The van der Waals surface area contributed by atoms with Crippen LogP contribution in [0.15, 0.2) is 46.9 Å². The molecule has 26 heavy (non-hydrogen) atoms. The van der Waals surface area contributed by atoms with Crippen molar-refractivity contribution in [3.05, 3.63) is 57.5 Å². The number of benzene rings is 2. The average molecular weight is 433 g/mol. The predicted octanol–water partition coefficient (Wildman–Crippen LogP) is 5.71. The van der Waals surface area contributed by atoms with E-state index in [1.165, 1.54) is 5.56 Å². The van der Waals surface area contributed by atoms with Gasteiger partial charge in [0.15, 0.2) is 0 Å². The number of hydrogen-bond acceptors (Lipinski definition) is 3. The summed E-state index contributed by atoms with van der Waals surface area (Å²) in [6.07, 6.45) is 3.23. The lowest BCUT2D eigenvalue weighted by atomic mass is 10.0. The van der Waals surface area contributed by atoms with Gasteiger partial charge < -0.3 is 10.1 Å². The zero-order chi connectivity index (χ0) is 18.1. The summed E-state index contributed by atoms with van der Waals surface area (Å²) < 4.78 is 8.57. The largest absolute Gasteiger partial charge is 0.496 e. The van der Waals surface area contributed by atoms with E-state index in [0.717, 1.165) is 58.8 Å². The first-order valence-electron chi connectivity index (χ1n) is 8.63. The highest BCUT2D eigenvalue weighted by molar-refractivity contribution is 9.10. The number of nitrogens with one attached hydrogen (secondary N) is 1. The van der Waals surface area contributed by atoms with Gasteiger partial charge in [-0.15, -0.1) is 0 Å². The number of rotatable bonds is 3. The highest BCUT2D eigenvalue weighted by Gasteiger charge is 2.24. The van der Waals surface area contributed by atoms with Gasteiger partial charge in [-0.25, -0.2) is 4.68 Å². The Morgan fingerprint density at radius 1 is 1.19 bits per heavy atom. The van der Waals surface area contributed by atoms with Crippen LogP contribution in [0.25, 0.3) is 16.9 Å². The third-order valence-corrected chi connectivity index (χ3v) is 5.53. The van der Waals surface area contributed by atoms with E-state index in [0.29, 0.717) is 5.02 Å². The number of fused-ring (bicyclic) bond motifs is 1. The maximum Gasteiger partial charge on any atom is 0.133 e. The van der Waals surface area contributed by atoms with Crippen LogP contribution in [-0.2, 0) is 6.42 Å². The molecule has 1 aromatic heterocycles. The minimum Gasteiger partial charge on any atom is -0.496 e. The van der Waals surface area contributed by atoms with E-state index in [1.54, 1.807) is 7.11 Å². The summed E-state index contributed by atoms with van der Waals surface area (Å²) in [4.78, 5) is 0. The zero-order valence-electron chi connectivity index (χ0n) is 14.4. The Morgan fingerprint density at radius 3 is 2.85 bits per heavy atom. The second kappa shape index (κ2) is 7.33. The number of ether oxygens (including phenoxy) is 1. The molecule has 3 aromatic rings. The number of halogens is 2. The summed E-state index contributed by atoms with van der Waals surface area (Å²) in [5, 5.41) is 9.21. The van der Waals surface area contributed by atoms with Gasteiger partial charge >= 0.3 is 0 Å². The van der Waals surface area contributed by atoms with Crippen LogP contribution in [0.5, 0.6) is 5.75 Å². The number of methoxy groups -OCH3 is 1. The van der Waals surface area contributed by atoms with Gasteiger partial charge in [0.2, 0.25) is 0 Å². The smallest absolute Gasteiger partial charge is 0.133 e. The van der Waals surface area contributed by atoms with E-state index in [-0.39, 0.29) is 0 Å². The van der Waals surface area contributed by atoms with Crippen molar-refractivity contribution in [1.82, 2.24) is 9.78 Å². The summed E-state index contributed by atoms with van der Waals surface area (Å²) in [6, 6.07) is 13.8. The van der Waals surface area contributed by atoms with Crippen LogP contribution in [0, 0.1) is 0 Å². The molecule has 2 heterocycles. The predicted molar refractivity (Wildman–Crippen MR) is 110 cm³/mol. The fourth-order valence-electron chi connectivity index (χ4n) is 3.38. The molecule has 0 radical (unpaired) electrons. The number of nitrogens with zero attached hydrogens (tertiary/aromatic N) is 2. The molecule has 4 rings (SSSR count). The Kier molecular flexibility index (Phi) is 4.92. The minimum absolute atomic E-state index is 0.673. The van der Waals surface area contributed by atoms with Crippen LogP contribution >= 0.6 is 27.5 Å². The Morgan fingerprint density at radius 2 is 2.04 bits per heavy atom. The zero-order valence-corrected chi connectivity index (χ0v) is 16.8. The number of hydrogen-bond donors (Lipinski definition) is 1. The molecule has 4 nitrogen and oxygen atoms in total. The summed E-state index contributed by atoms with van der Waals surface area (Å²) in [5.41, 5.74) is 4.06. The fourth-order valence-corrected chi connectivity index (χ4v) is 4.01. The molecular formula is C20H19BrClN3O. The van der Waals surface area contributed by atoms with Crippen LogP contribution < -0.4 is 10.1 Å². The molecule has 0 aliphatic carbocycles. The highest BCUT2D eigenvalue weighted by atomic mass is 79.9. The number of anilines is 1. The molecule has 0 saturated carbocycles. The van der Waals surface area contributed by atoms with Gasteiger partial charge in [-0.1, -0.05) is 23.7 Å². The fraction of sp³-hybridized carbons (Fsp3) is 0.250. The molecule has 0 amide bonds. The van der Waals surface area contributed by atoms with Crippen molar-refractivity contribution in [3.8, 4) is 22.7 Å². The maximum atomic E-state index is 6.27. The highest BCUT2D eigenvalue weighted by Crippen LogP contribution is 2.39. The summed E-state index contributed by atoms with van der Waals surface area (Å²) in [7, 11) is 1.68. The monoisotopic (exact) mass is 431 g/mol. The quantitative estimate of drug-likeness (QED) is 0.576. The van der Waals surface area contributed by atoms with Gasteiger partial charge in [0.1, 0.15) is 17.3 Å². The van der Waals surface area contributed by atoms with Gasteiger partial charge in [0.25, 0.3) is 0 Å². The summed E-state index contributed by atoms with van der Waals surface area (Å²) in [6.45, 7) is 0.940. The second-order valence-electron chi connectivity index (χ2n) is 6.27. The third kappa shape index (κ3) is 3.10. The van der Waals surface area contributed by atoms with Crippen molar-refractivity contribution >= 4 is 33.3 Å². The second-order valence-corrected chi connectivity index (χ2v) is 7.56. The topological polar surface area (TPSA) is 39.1 Å².